The van der Waals surface area contributed by atoms with E-state index >= 15 is 0 Å². The van der Waals surface area contributed by atoms with Crippen LogP contribution < -0.4 is 4.74 Å². The molecule has 3 aromatic rings. The predicted octanol–water partition coefficient (Wildman–Crippen LogP) is 3.58. The van der Waals surface area contributed by atoms with Gasteiger partial charge in [-0.25, -0.2) is 0 Å². The fraction of sp³-hybridized carbons (Fsp3) is 0.0870. The summed E-state index contributed by atoms with van der Waals surface area (Å²) < 4.78 is 5.88. The summed E-state index contributed by atoms with van der Waals surface area (Å²) in [6, 6.07) is 20.2. The number of para-hydroxylation sites is 1. The topological polar surface area (TPSA) is 107 Å². The van der Waals surface area contributed by atoms with Crippen LogP contribution in [0.2, 0.25) is 0 Å². The third kappa shape index (κ3) is 3.91. The molecule has 0 radical (unpaired) electrons. The minimum absolute atomic E-state index is 0.0320. The van der Waals surface area contributed by atoms with Gasteiger partial charge in [-0.05, 0) is 12.1 Å². The van der Waals surface area contributed by atoms with E-state index in [1.54, 1.807) is 48.5 Å². The summed E-state index contributed by atoms with van der Waals surface area (Å²) in [5, 5.41) is 11.0. The molecule has 0 saturated carbocycles. The maximum absolute atomic E-state index is 13.3. The molecule has 0 unspecified atom stereocenters. The average molecular weight is 416 g/mol. The summed E-state index contributed by atoms with van der Waals surface area (Å²) in [6.45, 7) is -0.570. The zero-order valence-electron chi connectivity index (χ0n) is 16.1. The van der Waals surface area contributed by atoms with Crippen LogP contribution in [0.25, 0.3) is 0 Å². The highest BCUT2D eigenvalue weighted by Gasteiger charge is 2.38. The molecule has 1 atom stereocenters. The second-order valence-electron chi connectivity index (χ2n) is 6.86. The first-order chi connectivity index (χ1) is 15.0. The molecular weight excluding hydrogens is 400 g/mol. The number of rotatable bonds is 5. The number of benzene rings is 3. The van der Waals surface area contributed by atoms with Crippen LogP contribution in [0, 0.1) is 10.1 Å². The molecule has 0 saturated heterocycles. The summed E-state index contributed by atoms with van der Waals surface area (Å²) in [4.78, 5) is 50.5. The number of hydrogen-bond donors (Lipinski definition) is 0. The van der Waals surface area contributed by atoms with Gasteiger partial charge < -0.3 is 4.74 Å². The molecule has 8 nitrogen and oxygen atoms in total. The Balaban J connectivity index is 1.72. The van der Waals surface area contributed by atoms with Crippen LogP contribution in [0.3, 0.4) is 0 Å². The number of nitro benzene ring substituents is 1. The van der Waals surface area contributed by atoms with Crippen LogP contribution in [0.15, 0.2) is 78.9 Å². The number of fused-ring (bicyclic) bond motifs is 1. The Kier molecular flexibility index (Phi) is 5.28. The van der Waals surface area contributed by atoms with Crippen LogP contribution in [-0.4, -0.2) is 34.0 Å². The molecule has 8 heteroatoms. The van der Waals surface area contributed by atoms with Crippen molar-refractivity contribution in [2.45, 2.75) is 6.10 Å². The number of Topliss-reactive ketones (excluding diaryl/α,β-unsaturated/α-hetero) is 1. The van der Waals surface area contributed by atoms with Crippen molar-refractivity contribution in [1.82, 2.24) is 4.90 Å². The van der Waals surface area contributed by atoms with Gasteiger partial charge in [-0.2, -0.15) is 0 Å². The lowest BCUT2D eigenvalue weighted by molar-refractivity contribution is -0.384. The van der Waals surface area contributed by atoms with Crippen molar-refractivity contribution in [2.75, 3.05) is 6.54 Å². The van der Waals surface area contributed by atoms with Crippen molar-refractivity contribution in [2.24, 2.45) is 0 Å². The Bertz CT molecular complexity index is 1190. The van der Waals surface area contributed by atoms with Crippen LogP contribution >= 0.6 is 0 Å². The number of hydrogen-bond acceptors (Lipinski definition) is 6. The number of ether oxygens (including phenoxy) is 1. The largest absolute Gasteiger partial charge is 0.475 e. The maximum atomic E-state index is 13.3. The molecule has 1 heterocycles. The zero-order chi connectivity index (χ0) is 22.0. The van der Waals surface area contributed by atoms with Crippen molar-refractivity contribution in [3.63, 3.8) is 0 Å². The van der Waals surface area contributed by atoms with E-state index in [-0.39, 0.29) is 22.6 Å². The van der Waals surface area contributed by atoms with Gasteiger partial charge in [0.1, 0.15) is 5.75 Å². The van der Waals surface area contributed by atoms with Crippen LogP contribution in [0.5, 0.6) is 5.75 Å². The van der Waals surface area contributed by atoms with E-state index < -0.39 is 35.2 Å². The molecule has 0 aromatic heterocycles. The van der Waals surface area contributed by atoms with Crippen molar-refractivity contribution < 1.29 is 24.0 Å². The van der Waals surface area contributed by atoms with Gasteiger partial charge in [0.25, 0.3) is 17.5 Å². The van der Waals surface area contributed by atoms with E-state index in [9.17, 15) is 24.5 Å². The first kappa shape index (κ1) is 20.0. The molecule has 31 heavy (non-hydrogen) atoms. The van der Waals surface area contributed by atoms with Crippen LogP contribution in [0.4, 0.5) is 5.69 Å². The average Bonchev–Trinajstić information content (AvgIpc) is 2.90. The van der Waals surface area contributed by atoms with E-state index in [1.165, 1.54) is 24.3 Å². The van der Waals surface area contributed by atoms with E-state index in [1.807, 2.05) is 0 Å². The first-order valence-corrected chi connectivity index (χ1v) is 9.39. The monoisotopic (exact) mass is 416 g/mol. The second kappa shape index (κ2) is 8.19. The first-order valence-electron chi connectivity index (χ1n) is 9.39. The number of non-ortho nitro benzene ring substituents is 1. The van der Waals surface area contributed by atoms with E-state index in [4.69, 9.17) is 4.74 Å². The van der Waals surface area contributed by atoms with Gasteiger partial charge in [0.15, 0.2) is 5.78 Å². The summed E-state index contributed by atoms with van der Waals surface area (Å²) in [5.74, 6) is -1.72. The van der Waals surface area contributed by atoms with E-state index in [0.717, 1.165) is 11.0 Å². The SMILES string of the molecule is O=C(CN1C(=O)c2ccccc2O[C@H](c2ccccc2)C1=O)c1cccc([N+](=O)[O-])c1. The van der Waals surface area contributed by atoms with Crippen LogP contribution in [0.1, 0.15) is 32.4 Å². The molecule has 0 spiro atoms. The Hall–Kier alpha value is -4.33. The summed E-state index contributed by atoms with van der Waals surface area (Å²) in [5.41, 5.74) is 0.464. The Morgan fingerprint density at radius 3 is 2.42 bits per heavy atom. The molecule has 0 fully saturated rings. The number of carbonyl (C=O) groups excluding carboxylic acids is 3. The molecule has 3 aromatic carbocycles. The summed E-state index contributed by atoms with van der Waals surface area (Å²) >= 11 is 0. The number of ketones is 1. The molecule has 0 bridgehead atoms. The lowest BCUT2D eigenvalue weighted by atomic mass is 10.1. The standard InChI is InChI=1S/C23H16N2O6/c26-19(16-9-6-10-17(13-16)25(29)30)14-24-22(27)18-11-4-5-12-20(18)31-21(23(24)28)15-7-2-1-3-8-15/h1-13,21H,14H2/t21-/m1/s1. The molecule has 2 amide bonds. The lowest BCUT2D eigenvalue weighted by Crippen LogP contribution is -2.42. The van der Waals surface area contributed by atoms with Gasteiger partial charge in [0, 0.05) is 23.3 Å². The molecule has 154 valence electrons. The molecule has 1 aliphatic rings. The molecule has 1 aliphatic heterocycles. The van der Waals surface area contributed by atoms with E-state index in [0.29, 0.717) is 5.56 Å². The number of amides is 2. The molecule has 0 N–H and O–H groups in total. The van der Waals surface area contributed by atoms with Crippen LogP contribution in [-0.2, 0) is 4.79 Å². The number of nitrogens with zero attached hydrogens (tertiary/aromatic N) is 2. The minimum atomic E-state index is -1.12. The van der Waals surface area contributed by atoms with Crippen molar-refractivity contribution in [3.05, 3.63) is 106 Å². The Morgan fingerprint density at radius 2 is 1.68 bits per heavy atom. The van der Waals surface area contributed by atoms with Gasteiger partial charge >= 0.3 is 0 Å². The third-order valence-corrected chi connectivity index (χ3v) is 4.88. The highest BCUT2D eigenvalue weighted by molar-refractivity contribution is 6.12. The quantitative estimate of drug-likeness (QED) is 0.272. The third-order valence-electron chi connectivity index (χ3n) is 4.88. The Labute approximate surface area is 176 Å². The second-order valence-corrected chi connectivity index (χ2v) is 6.86. The van der Waals surface area contributed by atoms with Crippen molar-refractivity contribution >= 4 is 23.3 Å². The Morgan fingerprint density at radius 1 is 0.968 bits per heavy atom. The highest BCUT2D eigenvalue weighted by atomic mass is 16.6. The predicted molar refractivity (Wildman–Crippen MR) is 110 cm³/mol. The fourth-order valence-corrected chi connectivity index (χ4v) is 3.33. The van der Waals surface area contributed by atoms with Gasteiger partial charge in [0.05, 0.1) is 17.0 Å². The molecule has 4 rings (SSSR count). The van der Waals surface area contributed by atoms with E-state index in [2.05, 4.69) is 0 Å². The minimum Gasteiger partial charge on any atom is -0.475 e. The number of imide groups is 1. The normalized spacial score (nSPS) is 15.6. The maximum Gasteiger partial charge on any atom is 0.275 e. The number of carbonyl (C=O) groups is 3. The van der Waals surface area contributed by atoms with Gasteiger partial charge in [-0.1, -0.05) is 54.6 Å². The molecule has 0 aliphatic carbocycles. The number of nitro groups is 1. The molecular formula is C23H16N2O6. The summed E-state index contributed by atoms with van der Waals surface area (Å²) in [7, 11) is 0. The van der Waals surface area contributed by atoms with Gasteiger partial charge in [-0.3, -0.25) is 29.4 Å². The lowest BCUT2D eigenvalue weighted by Gasteiger charge is -2.22. The van der Waals surface area contributed by atoms with Crippen molar-refractivity contribution in [1.29, 1.82) is 0 Å². The van der Waals surface area contributed by atoms with Crippen molar-refractivity contribution in [3.8, 4) is 5.75 Å². The van der Waals surface area contributed by atoms with Gasteiger partial charge in [-0.15, -0.1) is 0 Å². The highest BCUT2D eigenvalue weighted by Crippen LogP contribution is 2.32. The zero-order valence-corrected chi connectivity index (χ0v) is 16.1. The fourth-order valence-electron chi connectivity index (χ4n) is 3.33. The summed E-state index contributed by atoms with van der Waals surface area (Å²) in [6.07, 6.45) is -1.12. The van der Waals surface area contributed by atoms with Gasteiger partial charge in [0.2, 0.25) is 6.10 Å². The smallest absolute Gasteiger partial charge is 0.275 e.